The van der Waals surface area contributed by atoms with Gasteiger partial charge in [0.05, 0.1) is 37.1 Å². The molecule has 1 aliphatic carbocycles. The smallest absolute Gasteiger partial charge is 0.176 e. The molecule has 3 rings (SSSR count). The Bertz CT molecular complexity index is 580. The van der Waals surface area contributed by atoms with Gasteiger partial charge in [-0.25, -0.2) is 0 Å². The lowest BCUT2D eigenvalue weighted by Crippen LogP contribution is -2.48. The number of carbonyl (C=O) groups excluding carboxylic acids is 1. The zero-order chi connectivity index (χ0) is 15.0. The van der Waals surface area contributed by atoms with Crippen LogP contribution in [0, 0.1) is 5.92 Å². The van der Waals surface area contributed by atoms with Crippen molar-refractivity contribution in [2.45, 2.75) is 31.2 Å². The lowest BCUT2D eigenvalue weighted by Gasteiger charge is -2.39. The van der Waals surface area contributed by atoms with Crippen LogP contribution in [-0.4, -0.2) is 41.4 Å². The lowest BCUT2D eigenvalue weighted by molar-refractivity contribution is -0.137. The van der Waals surface area contributed by atoms with Crippen LogP contribution in [0.15, 0.2) is 30.5 Å². The van der Waals surface area contributed by atoms with Crippen LogP contribution in [0.1, 0.15) is 18.4 Å². The van der Waals surface area contributed by atoms with Crippen LogP contribution in [0.4, 0.5) is 0 Å². The highest BCUT2D eigenvalue weighted by atomic mass is 16.5. The minimum absolute atomic E-state index is 0.157. The van der Waals surface area contributed by atoms with Gasteiger partial charge < -0.3 is 19.7 Å². The van der Waals surface area contributed by atoms with E-state index in [9.17, 15) is 15.0 Å². The minimum atomic E-state index is -0.885. The summed E-state index contributed by atoms with van der Waals surface area (Å²) in [5.41, 5.74) is 1.06. The first-order valence-electron chi connectivity index (χ1n) is 7.01. The van der Waals surface area contributed by atoms with E-state index in [1.165, 1.54) is 6.26 Å². The second-order valence-electron chi connectivity index (χ2n) is 5.49. The number of aliphatic hydroxyl groups excluding tert-OH is 2. The van der Waals surface area contributed by atoms with Gasteiger partial charge in [0.25, 0.3) is 0 Å². The van der Waals surface area contributed by atoms with Crippen LogP contribution < -0.4 is 4.74 Å². The van der Waals surface area contributed by atoms with Crippen molar-refractivity contribution in [2.24, 2.45) is 5.92 Å². The van der Waals surface area contributed by atoms with E-state index < -0.39 is 24.2 Å². The second-order valence-corrected chi connectivity index (χ2v) is 5.49. The van der Waals surface area contributed by atoms with Gasteiger partial charge in [-0.1, -0.05) is 18.2 Å². The van der Waals surface area contributed by atoms with Gasteiger partial charge in [-0.2, -0.15) is 0 Å². The van der Waals surface area contributed by atoms with Crippen LogP contribution in [0.5, 0.6) is 5.75 Å². The summed E-state index contributed by atoms with van der Waals surface area (Å²) in [6, 6.07) is 7.21. The Hall–Kier alpha value is -1.85. The van der Waals surface area contributed by atoms with Gasteiger partial charge >= 0.3 is 0 Å². The Kier molecular flexibility index (Phi) is 3.69. The number of ether oxygens (including phenoxy) is 2. The van der Waals surface area contributed by atoms with Gasteiger partial charge in [-0.15, -0.1) is 0 Å². The number of aliphatic hydroxyl groups is 2. The summed E-state index contributed by atoms with van der Waals surface area (Å²) in [6.45, 7) is 0. The number of fused-ring (bicyclic) bond motifs is 1. The lowest BCUT2D eigenvalue weighted by atomic mass is 9.76. The Morgan fingerprint density at radius 3 is 2.76 bits per heavy atom. The van der Waals surface area contributed by atoms with Crippen LogP contribution in [-0.2, 0) is 9.53 Å². The van der Waals surface area contributed by atoms with Gasteiger partial charge in [0.2, 0.25) is 0 Å². The third kappa shape index (κ3) is 2.43. The van der Waals surface area contributed by atoms with E-state index in [1.807, 2.05) is 12.1 Å². The molecule has 2 aliphatic rings. The molecule has 1 heterocycles. The van der Waals surface area contributed by atoms with E-state index in [1.54, 1.807) is 19.2 Å². The fourth-order valence-corrected chi connectivity index (χ4v) is 3.12. The number of hydrogen-bond acceptors (Lipinski definition) is 5. The molecule has 5 heteroatoms. The van der Waals surface area contributed by atoms with Gasteiger partial charge in [0.1, 0.15) is 11.9 Å². The maximum absolute atomic E-state index is 12.7. The Labute approximate surface area is 122 Å². The molecule has 0 saturated heterocycles. The normalized spacial score (nSPS) is 32.0. The molecule has 1 aromatic carbocycles. The summed E-state index contributed by atoms with van der Waals surface area (Å²) in [6.07, 6.45) is 0.0136. The van der Waals surface area contributed by atoms with E-state index in [-0.39, 0.29) is 12.2 Å². The predicted octanol–water partition coefficient (Wildman–Crippen LogP) is 1.14. The molecule has 4 atom stereocenters. The summed E-state index contributed by atoms with van der Waals surface area (Å²) < 4.78 is 10.9. The van der Waals surface area contributed by atoms with Crippen molar-refractivity contribution in [3.63, 3.8) is 0 Å². The van der Waals surface area contributed by atoms with Crippen LogP contribution in [0.3, 0.4) is 0 Å². The Balaban J connectivity index is 1.96. The number of methoxy groups -OCH3 is 1. The van der Waals surface area contributed by atoms with Gasteiger partial charge in [-0.05, 0) is 6.07 Å². The molecular formula is C16H18O5. The van der Waals surface area contributed by atoms with E-state index in [2.05, 4.69) is 0 Å². The maximum atomic E-state index is 12.7. The molecule has 0 aromatic heterocycles. The van der Waals surface area contributed by atoms with Gasteiger partial charge in [-0.3, -0.25) is 4.79 Å². The average molecular weight is 290 g/mol. The molecule has 112 valence electrons. The average Bonchev–Trinajstić information content (AvgIpc) is 2.47. The second kappa shape index (κ2) is 5.50. The first-order valence-corrected chi connectivity index (χ1v) is 7.01. The van der Waals surface area contributed by atoms with Crippen molar-refractivity contribution < 1.29 is 24.5 Å². The molecular weight excluding hydrogens is 272 g/mol. The molecule has 0 bridgehead atoms. The summed E-state index contributed by atoms with van der Waals surface area (Å²) >= 11 is 0. The summed E-state index contributed by atoms with van der Waals surface area (Å²) in [5, 5.41) is 19.8. The molecule has 21 heavy (non-hydrogen) atoms. The quantitative estimate of drug-likeness (QED) is 0.854. The monoisotopic (exact) mass is 290 g/mol. The molecule has 4 unspecified atom stereocenters. The van der Waals surface area contributed by atoms with Crippen molar-refractivity contribution in [3.8, 4) is 5.75 Å². The third-order valence-corrected chi connectivity index (χ3v) is 4.16. The van der Waals surface area contributed by atoms with Crippen molar-refractivity contribution >= 4 is 11.4 Å². The Morgan fingerprint density at radius 1 is 1.24 bits per heavy atom. The number of ketones is 1. The van der Waals surface area contributed by atoms with Crippen LogP contribution in [0.25, 0.3) is 5.57 Å². The van der Waals surface area contributed by atoms with Crippen molar-refractivity contribution in [3.05, 3.63) is 36.1 Å². The Morgan fingerprint density at radius 2 is 2.00 bits per heavy atom. The van der Waals surface area contributed by atoms with E-state index in [0.29, 0.717) is 23.3 Å². The van der Waals surface area contributed by atoms with Crippen molar-refractivity contribution in [1.29, 1.82) is 0 Å². The molecule has 1 aliphatic heterocycles. The molecule has 2 N–H and O–H groups in total. The summed E-state index contributed by atoms with van der Waals surface area (Å²) in [4.78, 5) is 12.7. The largest absolute Gasteiger partial charge is 0.496 e. The number of para-hydroxylation sites is 1. The molecule has 5 nitrogen and oxygen atoms in total. The summed E-state index contributed by atoms with van der Waals surface area (Å²) in [7, 11) is 1.54. The fourth-order valence-electron chi connectivity index (χ4n) is 3.12. The standard InChI is InChI=1S/C16H18O5/c1-20-13-5-3-2-4-10(13)11-8-21-14-7-9(17)6-12(18)15(14)16(11)19/h2-5,8-9,12,14-15,17-18H,6-7H2,1H3. The van der Waals surface area contributed by atoms with Gasteiger partial charge in [0.15, 0.2) is 5.78 Å². The summed E-state index contributed by atoms with van der Waals surface area (Å²) in [5.74, 6) is -0.196. The molecule has 1 saturated carbocycles. The van der Waals surface area contributed by atoms with E-state index >= 15 is 0 Å². The number of allylic oxidation sites excluding steroid dienone is 1. The molecule has 0 radical (unpaired) electrons. The number of Topliss-reactive ketones (excluding diaryl/α,β-unsaturated/α-hetero) is 1. The first-order chi connectivity index (χ1) is 10.1. The zero-order valence-electron chi connectivity index (χ0n) is 11.7. The zero-order valence-corrected chi connectivity index (χ0v) is 11.7. The highest BCUT2D eigenvalue weighted by Gasteiger charge is 2.45. The van der Waals surface area contributed by atoms with E-state index in [0.717, 1.165) is 0 Å². The van der Waals surface area contributed by atoms with Crippen LogP contribution in [0.2, 0.25) is 0 Å². The highest BCUT2D eigenvalue weighted by Crippen LogP contribution is 2.38. The third-order valence-electron chi connectivity index (χ3n) is 4.16. The van der Waals surface area contributed by atoms with Gasteiger partial charge in [0, 0.05) is 18.4 Å². The number of carbonyl (C=O) groups is 1. The molecule has 1 aromatic rings. The highest BCUT2D eigenvalue weighted by molar-refractivity contribution is 6.23. The predicted molar refractivity (Wildman–Crippen MR) is 75.6 cm³/mol. The topological polar surface area (TPSA) is 76.0 Å². The minimum Gasteiger partial charge on any atom is -0.496 e. The SMILES string of the molecule is COc1ccccc1C1=COC2CC(O)CC(O)C2C1=O. The van der Waals surface area contributed by atoms with E-state index in [4.69, 9.17) is 9.47 Å². The number of hydrogen-bond donors (Lipinski definition) is 2. The molecule has 0 amide bonds. The van der Waals surface area contributed by atoms with Crippen molar-refractivity contribution in [1.82, 2.24) is 0 Å². The molecule has 1 fully saturated rings. The molecule has 0 spiro atoms. The fraction of sp³-hybridized carbons (Fsp3) is 0.438. The first kappa shape index (κ1) is 14.1. The number of benzene rings is 1. The maximum Gasteiger partial charge on any atom is 0.176 e. The van der Waals surface area contributed by atoms with Crippen molar-refractivity contribution in [2.75, 3.05) is 7.11 Å². The van der Waals surface area contributed by atoms with Crippen LogP contribution >= 0.6 is 0 Å². The number of rotatable bonds is 2.